The van der Waals surface area contributed by atoms with Crippen molar-refractivity contribution in [1.82, 2.24) is 113 Å². The van der Waals surface area contributed by atoms with Gasteiger partial charge in [0.25, 0.3) is 0 Å². The maximum Gasteiger partial charge on any atom is 0.344 e. The van der Waals surface area contributed by atoms with Crippen LogP contribution < -0.4 is 19.6 Å². The number of benzene rings is 5. The molecule has 0 saturated carbocycles. The zero-order valence-electron chi connectivity index (χ0n) is 79.6. The average Bonchev–Trinajstić information content (AvgIpc) is 1.62. The van der Waals surface area contributed by atoms with Gasteiger partial charge in [-0.05, 0) is 169 Å². The minimum atomic E-state index is -0.0763. The summed E-state index contributed by atoms with van der Waals surface area (Å²) in [5, 5.41) is 30.9. The number of para-hydroxylation sites is 4. The summed E-state index contributed by atoms with van der Waals surface area (Å²) in [4.78, 5) is 117. The standard InChI is InChI=1S/C24H23N5O.C19H21N5O.2C15H18N4O.C11H17N3O.C9H13N3O2.C9H13N3O/c1-18-15-23(21-9-5-6-10-22(21)26-18)27-11-13-28(14-12-27)24(30)29-17-20(16-25-29)19-7-3-2-4-8-19;1-14-12-20-24(13-14)19(25)23-9-7-22(8-10-23)18-11-15(2)21-17-6-4-3-5-16(17)18;2*1-13-11-16-19(12-13)15(20)18-9-7-17(8-10-18)14-5-3-2-4-6-14;1-10-8-12-14(9-10)11(15)13-6-4-2-3-5-7-13;1-8-6-10-12(7-8)9(13)11-2-4-14-5-3-11;1-8-6-10-12(7-8)9(13)11-4-2-3-5-11/h2-10,15-17H,11-14H2,1H3;3-6,11-13H,7-10H2,1-2H3;2*2-6,11-12H,7-10H2,1H3;8-9H,2-7H2,1H3;6-7H,2-5H2,1H3;6-7H,2-5H2,1H3. The number of hydrogen-bond acceptors (Lipinski definition) is 21. The number of carbonyl (C=O) groups excluding carboxylic acids is 7. The van der Waals surface area contributed by atoms with Crippen LogP contribution in [0, 0.1) is 55.4 Å². The van der Waals surface area contributed by atoms with Crippen molar-refractivity contribution >= 4 is 86.8 Å². The van der Waals surface area contributed by atoms with E-state index in [1.165, 1.54) is 68.4 Å². The number of likely N-dealkylation sites (tertiary alicyclic amines) is 2. The van der Waals surface area contributed by atoms with Gasteiger partial charge in [0.15, 0.2) is 0 Å². The molecular formula is C102H123N27O8. The number of rotatable bonds is 5. The van der Waals surface area contributed by atoms with Gasteiger partial charge in [-0.1, -0.05) is 116 Å². The normalized spacial score (nSPS) is 15.6. The van der Waals surface area contributed by atoms with E-state index in [4.69, 9.17) is 4.74 Å². The molecule has 0 aliphatic carbocycles. The number of aryl methyl sites for hydroxylation is 8. The highest BCUT2D eigenvalue weighted by atomic mass is 16.5. The van der Waals surface area contributed by atoms with E-state index in [2.05, 4.69) is 114 Å². The van der Waals surface area contributed by atoms with Gasteiger partial charge in [0.1, 0.15) is 0 Å². The first-order valence-electron chi connectivity index (χ1n) is 47.2. The summed E-state index contributed by atoms with van der Waals surface area (Å²) >= 11 is 0. The second kappa shape index (κ2) is 46.7. The number of amides is 7. The van der Waals surface area contributed by atoms with Crippen molar-refractivity contribution in [2.45, 2.75) is 93.9 Å². The lowest BCUT2D eigenvalue weighted by molar-refractivity contribution is 0.0528. The molecule has 21 rings (SSSR count). The molecule has 0 radical (unpaired) electrons. The Morgan fingerprint density at radius 2 is 0.489 bits per heavy atom. The molecule has 0 spiro atoms. The van der Waals surface area contributed by atoms with E-state index >= 15 is 0 Å². The van der Waals surface area contributed by atoms with Crippen LogP contribution in [0.4, 0.5) is 56.3 Å². The number of piperazine rings is 4. The largest absolute Gasteiger partial charge is 0.378 e. The molecule has 9 aromatic heterocycles. The fourth-order valence-corrected chi connectivity index (χ4v) is 17.2. The van der Waals surface area contributed by atoms with Crippen molar-refractivity contribution in [2.24, 2.45) is 0 Å². The molecule has 35 nitrogen and oxygen atoms in total. The Morgan fingerprint density at radius 1 is 0.241 bits per heavy atom. The Hall–Kier alpha value is -15.2. The van der Waals surface area contributed by atoms with Crippen molar-refractivity contribution in [3.63, 3.8) is 0 Å². The number of pyridine rings is 2. The Morgan fingerprint density at radius 3 is 0.788 bits per heavy atom. The molecule has 7 fully saturated rings. The number of ether oxygens (including phenoxy) is 1. The molecule has 16 heterocycles. The molecule has 7 saturated heterocycles. The molecule has 137 heavy (non-hydrogen) atoms. The molecule has 0 unspecified atom stereocenters. The predicted molar refractivity (Wildman–Crippen MR) is 529 cm³/mol. The van der Waals surface area contributed by atoms with Gasteiger partial charge in [0.05, 0.1) is 67.6 Å². The second-order valence-electron chi connectivity index (χ2n) is 35.2. The first-order valence-corrected chi connectivity index (χ1v) is 47.2. The number of anilines is 4. The van der Waals surface area contributed by atoms with E-state index < -0.39 is 0 Å². The smallest absolute Gasteiger partial charge is 0.344 e. The molecule has 0 N–H and O–H groups in total. The minimum absolute atomic E-state index is 0.00519. The quantitative estimate of drug-likeness (QED) is 0.154. The average molecular weight is 1860 g/mol. The summed E-state index contributed by atoms with van der Waals surface area (Å²) in [6.45, 7) is 33.9. The van der Waals surface area contributed by atoms with E-state index in [0.717, 1.165) is 208 Å². The van der Waals surface area contributed by atoms with Crippen LogP contribution in [0.1, 0.15) is 83.3 Å². The maximum atomic E-state index is 13.0. The van der Waals surface area contributed by atoms with E-state index in [0.29, 0.717) is 52.5 Å². The Labute approximate surface area is 798 Å². The van der Waals surface area contributed by atoms with E-state index in [1.807, 2.05) is 194 Å². The summed E-state index contributed by atoms with van der Waals surface area (Å²) in [6, 6.07) is 51.1. The summed E-state index contributed by atoms with van der Waals surface area (Å²) in [6.07, 6.45) is 31.3. The highest BCUT2D eigenvalue weighted by Gasteiger charge is 2.30. The minimum Gasteiger partial charge on any atom is -0.378 e. The molecule has 7 aliphatic rings. The first-order chi connectivity index (χ1) is 66.6. The third-order valence-corrected chi connectivity index (χ3v) is 24.6. The van der Waals surface area contributed by atoms with Crippen molar-refractivity contribution < 1.29 is 38.3 Å². The molecule has 0 atom stereocenters. The summed E-state index contributed by atoms with van der Waals surface area (Å²) in [5.41, 5.74) is 16.9. The summed E-state index contributed by atoms with van der Waals surface area (Å²) in [5.74, 6) is 0. The second-order valence-corrected chi connectivity index (χ2v) is 35.2. The van der Waals surface area contributed by atoms with Crippen LogP contribution in [0.15, 0.2) is 238 Å². The molecule has 7 aliphatic heterocycles. The van der Waals surface area contributed by atoms with Gasteiger partial charge >= 0.3 is 42.2 Å². The van der Waals surface area contributed by atoms with Crippen LogP contribution in [-0.4, -0.2) is 312 Å². The third-order valence-electron chi connectivity index (χ3n) is 24.6. The summed E-state index contributed by atoms with van der Waals surface area (Å²) in [7, 11) is 0. The fourth-order valence-electron chi connectivity index (χ4n) is 17.2. The highest BCUT2D eigenvalue weighted by molar-refractivity contribution is 5.93. The maximum absolute atomic E-state index is 13.0. The Kier molecular flexibility index (Phi) is 32.8. The zero-order valence-corrected chi connectivity index (χ0v) is 79.6. The number of aromatic nitrogens is 16. The predicted octanol–water partition coefficient (Wildman–Crippen LogP) is 14.8. The molecule has 35 heteroatoms. The van der Waals surface area contributed by atoms with Crippen molar-refractivity contribution in [2.75, 3.05) is 177 Å². The molecule has 0 bridgehead atoms. The molecule has 7 amide bonds. The van der Waals surface area contributed by atoms with E-state index in [9.17, 15) is 33.6 Å². The highest BCUT2D eigenvalue weighted by Crippen LogP contribution is 2.31. The van der Waals surface area contributed by atoms with Crippen LogP contribution in [0.2, 0.25) is 0 Å². The number of fused-ring (bicyclic) bond motifs is 2. The van der Waals surface area contributed by atoms with Gasteiger partial charge < -0.3 is 58.6 Å². The lowest BCUT2D eigenvalue weighted by Crippen LogP contribution is -2.50. The number of morpholine rings is 1. The molecule has 14 aromatic rings. The number of nitrogens with zero attached hydrogens (tertiary/aromatic N) is 27. The lowest BCUT2D eigenvalue weighted by atomic mass is 10.1. The van der Waals surface area contributed by atoms with Gasteiger partial charge in [-0.3, -0.25) is 9.97 Å². The third kappa shape index (κ3) is 25.7. The van der Waals surface area contributed by atoms with Gasteiger partial charge in [-0.2, -0.15) is 68.5 Å². The lowest BCUT2D eigenvalue weighted by Gasteiger charge is -2.36. The SMILES string of the molecule is Cc1cc(N2CCN(C(=O)n3cc(-c4ccccc4)cn3)CC2)c2ccccc2n1.Cc1cnn(C(=O)N2CCCC2)c1.Cc1cnn(C(=O)N2CCCCCC2)c1.Cc1cnn(C(=O)N2CCN(c3cc(C)nc4ccccc34)CC2)c1.Cc1cnn(C(=O)N2CCN(c3ccccc3)CC2)c1.Cc1cnn(C(=O)N2CCN(c3ccccc3)CC2)c1.Cc1cnn(C(=O)N2CCOCC2)c1. The Balaban J connectivity index is 0.000000124. The fraction of sp³-hybridized carbons (Fsp3) is 0.373. The van der Waals surface area contributed by atoms with Crippen molar-refractivity contribution in [1.29, 1.82) is 0 Å². The van der Waals surface area contributed by atoms with Crippen LogP contribution >= 0.6 is 0 Å². The van der Waals surface area contributed by atoms with E-state index in [-0.39, 0.29) is 42.2 Å². The zero-order chi connectivity index (χ0) is 95.7. The van der Waals surface area contributed by atoms with Gasteiger partial charge in [-0.15, -0.1) is 0 Å². The molecule has 714 valence electrons. The van der Waals surface area contributed by atoms with Crippen LogP contribution in [0.5, 0.6) is 0 Å². The summed E-state index contributed by atoms with van der Waals surface area (Å²) < 4.78 is 15.1. The van der Waals surface area contributed by atoms with Crippen LogP contribution in [-0.2, 0) is 4.74 Å². The Bertz CT molecular complexity index is 6200. The first kappa shape index (κ1) is 96.4. The van der Waals surface area contributed by atoms with Gasteiger partial charge in [0, 0.05) is 238 Å². The van der Waals surface area contributed by atoms with Crippen LogP contribution in [0.25, 0.3) is 32.9 Å². The monoisotopic (exact) mass is 1850 g/mol. The van der Waals surface area contributed by atoms with E-state index in [1.54, 1.807) is 85.5 Å². The van der Waals surface area contributed by atoms with Crippen molar-refractivity contribution in [3.8, 4) is 11.1 Å². The number of carbonyl (C=O) groups is 7. The van der Waals surface area contributed by atoms with Gasteiger partial charge in [-0.25, -0.2) is 33.6 Å². The molecular weight excluding hydrogens is 1730 g/mol. The van der Waals surface area contributed by atoms with Crippen LogP contribution in [0.3, 0.4) is 0 Å². The molecule has 5 aromatic carbocycles. The van der Waals surface area contributed by atoms with Gasteiger partial charge in [0.2, 0.25) is 0 Å². The number of hydrogen-bond donors (Lipinski definition) is 0. The van der Waals surface area contributed by atoms with Crippen molar-refractivity contribution in [3.05, 3.63) is 283 Å². The topological polar surface area (TPSA) is 315 Å².